The third-order valence-electron chi connectivity index (χ3n) is 4.67. The highest BCUT2D eigenvalue weighted by Gasteiger charge is 2.15. The summed E-state index contributed by atoms with van der Waals surface area (Å²) in [5, 5.41) is 10.3. The standard InChI is InChI=1S/C23H19NO3/c1-24-21(23(25)26)14-18-10-6-12-20(22(18)24)17-9-5-11-19(13-17)27-15-16-7-3-2-4-8-16/h2-14H,15H2,1H3,(H,25,26). The lowest BCUT2D eigenvalue weighted by molar-refractivity contribution is 0.0687. The van der Waals surface area contributed by atoms with Crippen molar-refractivity contribution in [2.75, 3.05) is 0 Å². The van der Waals surface area contributed by atoms with E-state index in [1.807, 2.05) is 72.8 Å². The molecular weight excluding hydrogens is 338 g/mol. The average Bonchev–Trinajstić information content (AvgIpc) is 3.05. The number of hydrogen-bond acceptors (Lipinski definition) is 2. The molecule has 0 aliphatic heterocycles. The van der Waals surface area contributed by atoms with Crippen LogP contribution in [-0.2, 0) is 13.7 Å². The fourth-order valence-corrected chi connectivity index (χ4v) is 3.35. The first-order valence-corrected chi connectivity index (χ1v) is 8.72. The van der Waals surface area contributed by atoms with Gasteiger partial charge in [0, 0.05) is 18.0 Å². The molecule has 134 valence electrons. The van der Waals surface area contributed by atoms with E-state index in [1.165, 1.54) is 0 Å². The number of para-hydroxylation sites is 1. The molecule has 3 aromatic carbocycles. The van der Waals surface area contributed by atoms with Crippen LogP contribution in [-0.4, -0.2) is 15.6 Å². The van der Waals surface area contributed by atoms with Crippen molar-refractivity contribution in [1.82, 2.24) is 4.57 Å². The van der Waals surface area contributed by atoms with Crippen molar-refractivity contribution >= 4 is 16.9 Å². The number of ether oxygens (including phenoxy) is 1. The molecule has 0 radical (unpaired) electrons. The van der Waals surface area contributed by atoms with Gasteiger partial charge < -0.3 is 14.4 Å². The first kappa shape index (κ1) is 16.9. The quantitative estimate of drug-likeness (QED) is 0.539. The zero-order valence-electron chi connectivity index (χ0n) is 14.9. The number of aromatic carboxylic acids is 1. The third kappa shape index (κ3) is 3.29. The summed E-state index contributed by atoms with van der Waals surface area (Å²) in [6, 6.07) is 25.5. The SMILES string of the molecule is Cn1c(C(=O)O)cc2cccc(-c3cccc(OCc4ccccc4)c3)c21. The van der Waals surface area contributed by atoms with E-state index in [0.29, 0.717) is 6.61 Å². The van der Waals surface area contributed by atoms with Gasteiger partial charge >= 0.3 is 5.97 Å². The van der Waals surface area contributed by atoms with Crippen molar-refractivity contribution in [2.24, 2.45) is 7.05 Å². The molecule has 1 N–H and O–H groups in total. The Bertz CT molecular complexity index is 1110. The molecule has 1 aromatic heterocycles. The summed E-state index contributed by atoms with van der Waals surface area (Å²) in [5.74, 6) is -0.152. The highest BCUT2D eigenvalue weighted by molar-refractivity contribution is 6.00. The molecule has 1 heterocycles. The first-order valence-electron chi connectivity index (χ1n) is 8.72. The van der Waals surface area contributed by atoms with Gasteiger partial charge in [-0.25, -0.2) is 4.79 Å². The molecule has 0 saturated heterocycles. The lowest BCUT2D eigenvalue weighted by atomic mass is 10.0. The largest absolute Gasteiger partial charge is 0.489 e. The first-order chi connectivity index (χ1) is 13.1. The second kappa shape index (κ2) is 7.00. The molecule has 0 spiro atoms. The number of benzene rings is 3. The van der Waals surface area contributed by atoms with Gasteiger partial charge in [0.05, 0.1) is 5.52 Å². The maximum Gasteiger partial charge on any atom is 0.352 e. The summed E-state index contributed by atoms with van der Waals surface area (Å²) in [4.78, 5) is 11.5. The Morgan fingerprint density at radius 1 is 0.963 bits per heavy atom. The summed E-state index contributed by atoms with van der Waals surface area (Å²) >= 11 is 0. The number of aryl methyl sites for hydroxylation is 1. The maximum atomic E-state index is 11.5. The number of hydrogen-bond donors (Lipinski definition) is 1. The van der Waals surface area contributed by atoms with E-state index in [4.69, 9.17) is 4.74 Å². The lowest BCUT2D eigenvalue weighted by Gasteiger charge is -2.11. The normalized spacial score (nSPS) is 10.9. The molecule has 4 aromatic rings. The van der Waals surface area contributed by atoms with E-state index in [-0.39, 0.29) is 5.69 Å². The summed E-state index contributed by atoms with van der Waals surface area (Å²) in [7, 11) is 1.78. The van der Waals surface area contributed by atoms with Crippen LogP contribution in [0.25, 0.3) is 22.0 Å². The van der Waals surface area contributed by atoms with Crippen molar-refractivity contribution in [3.05, 3.63) is 90.1 Å². The molecule has 0 amide bonds. The highest BCUT2D eigenvalue weighted by atomic mass is 16.5. The molecule has 0 fully saturated rings. The van der Waals surface area contributed by atoms with Crippen molar-refractivity contribution < 1.29 is 14.6 Å². The number of nitrogens with zero attached hydrogens (tertiary/aromatic N) is 1. The van der Waals surface area contributed by atoms with Crippen LogP contribution < -0.4 is 4.74 Å². The Kier molecular flexibility index (Phi) is 4.38. The van der Waals surface area contributed by atoms with Gasteiger partial charge in [0.25, 0.3) is 0 Å². The molecule has 4 heteroatoms. The molecule has 0 bridgehead atoms. The van der Waals surface area contributed by atoms with Gasteiger partial charge in [-0.3, -0.25) is 0 Å². The van der Waals surface area contributed by atoms with Crippen molar-refractivity contribution in [3.63, 3.8) is 0 Å². The second-order valence-electron chi connectivity index (χ2n) is 6.44. The van der Waals surface area contributed by atoms with Gasteiger partial charge in [-0.2, -0.15) is 0 Å². The van der Waals surface area contributed by atoms with Crippen LogP contribution in [0.2, 0.25) is 0 Å². The van der Waals surface area contributed by atoms with Crippen molar-refractivity contribution in [2.45, 2.75) is 6.61 Å². The second-order valence-corrected chi connectivity index (χ2v) is 6.44. The van der Waals surface area contributed by atoms with E-state index in [9.17, 15) is 9.90 Å². The van der Waals surface area contributed by atoms with Gasteiger partial charge in [-0.1, -0.05) is 60.7 Å². The predicted molar refractivity (Wildman–Crippen MR) is 106 cm³/mol. The minimum Gasteiger partial charge on any atom is -0.489 e. The van der Waals surface area contributed by atoms with Gasteiger partial charge in [-0.15, -0.1) is 0 Å². The Morgan fingerprint density at radius 2 is 1.74 bits per heavy atom. The van der Waals surface area contributed by atoms with Crippen LogP contribution in [0.15, 0.2) is 78.9 Å². The molecule has 27 heavy (non-hydrogen) atoms. The predicted octanol–water partition coefficient (Wildman–Crippen LogP) is 5.12. The topological polar surface area (TPSA) is 51.5 Å². The molecule has 0 aliphatic rings. The Balaban J connectivity index is 1.71. The lowest BCUT2D eigenvalue weighted by Crippen LogP contribution is -2.04. The summed E-state index contributed by atoms with van der Waals surface area (Å²) in [6.45, 7) is 0.502. The zero-order chi connectivity index (χ0) is 18.8. The number of rotatable bonds is 5. The van der Waals surface area contributed by atoms with E-state index in [2.05, 4.69) is 0 Å². The van der Waals surface area contributed by atoms with Gasteiger partial charge in [0.15, 0.2) is 0 Å². The molecule has 0 aliphatic carbocycles. The minimum atomic E-state index is -0.931. The number of carboxylic acids is 1. The van der Waals surface area contributed by atoms with Crippen LogP contribution in [0, 0.1) is 0 Å². The number of aromatic nitrogens is 1. The average molecular weight is 357 g/mol. The smallest absolute Gasteiger partial charge is 0.352 e. The summed E-state index contributed by atoms with van der Waals surface area (Å²) < 4.78 is 7.67. The van der Waals surface area contributed by atoms with Gasteiger partial charge in [0.2, 0.25) is 0 Å². The monoisotopic (exact) mass is 357 g/mol. The van der Waals surface area contributed by atoms with Crippen molar-refractivity contribution in [1.29, 1.82) is 0 Å². The Hall–Kier alpha value is -3.53. The van der Waals surface area contributed by atoms with E-state index < -0.39 is 5.97 Å². The van der Waals surface area contributed by atoms with Crippen LogP contribution >= 0.6 is 0 Å². The molecule has 0 saturated carbocycles. The summed E-state index contributed by atoms with van der Waals surface area (Å²) in [5.41, 5.74) is 4.25. The third-order valence-corrected chi connectivity index (χ3v) is 4.67. The zero-order valence-corrected chi connectivity index (χ0v) is 14.9. The Labute approximate surface area is 157 Å². The van der Waals surface area contributed by atoms with Crippen LogP contribution in [0.1, 0.15) is 16.1 Å². The summed E-state index contributed by atoms with van der Waals surface area (Å²) in [6.07, 6.45) is 0. The number of carboxylic acid groups (broad SMARTS) is 1. The molecule has 0 atom stereocenters. The molecule has 4 nitrogen and oxygen atoms in total. The van der Waals surface area contributed by atoms with Crippen LogP contribution in [0.5, 0.6) is 5.75 Å². The van der Waals surface area contributed by atoms with Crippen LogP contribution in [0.3, 0.4) is 0 Å². The molecule has 0 unspecified atom stereocenters. The molecule has 4 rings (SSSR count). The fraction of sp³-hybridized carbons (Fsp3) is 0.0870. The number of carbonyl (C=O) groups is 1. The van der Waals surface area contributed by atoms with E-state index in [1.54, 1.807) is 17.7 Å². The van der Waals surface area contributed by atoms with Crippen LogP contribution in [0.4, 0.5) is 0 Å². The minimum absolute atomic E-state index is 0.272. The molecular formula is C23H19NO3. The van der Waals surface area contributed by atoms with E-state index >= 15 is 0 Å². The number of fused-ring (bicyclic) bond motifs is 1. The fourth-order valence-electron chi connectivity index (χ4n) is 3.35. The van der Waals surface area contributed by atoms with E-state index in [0.717, 1.165) is 33.3 Å². The highest BCUT2D eigenvalue weighted by Crippen LogP contribution is 2.32. The van der Waals surface area contributed by atoms with Crippen molar-refractivity contribution in [3.8, 4) is 16.9 Å². The van der Waals surface area contributed by atoms with Gasteiger partial charge in [0.1, 0.15) is 18.1 Å². The Morgan fingerprint density at radius 3 is 2.52 bits per heavy atom. The van der Waals surface area contributed by atoms with Gasteiger partial charge in [-0.05, 0) is 29.3 Å². The maximum absolute atomic E-state index is 11.5.